The SMILES string of the molecule is CCOc1c(Cc2ncc(C3CC3)nc2C(=O)O)cc(F)cc1C1CCOCC1. The number of ether oxygens (including phenoxy) is 2. The number of aromatic nitrogens is 2. The van der Waals surface area contributed by atoms with Gasteiger partial charge in [-0.2, -0.15) is 0 Å². The Balaban J connectivity index is 1.72. The molecule has 29 heavy (non-hydrogen) atoms. The molecule has 0 bridgehead atoms. The number of aromatic carboxylic acids is 1. The van der Waals surface area contributed by atoms with E-state index in [9.17, 15) is 14.3 Å². The van der Waals surface area contributed by atoms with Crippen LogP contribution in [-0.4, -0.2) is 40.9 Å². The van der Waals surface area contributed by atoms with E-state index in [1.807, 2.05) is 6.92 Å². The molecule has 1 N–H and O–H groups in total. The molecule has 1 aliphatic heterocycles. The van der Waals surface area contributed by atoms with Crippen molar-refractivity contribution < 1.29 is 23.8 Å². The lowest BCUT2D eigenvalue weighted by atomic mass is 9.88. The maximum atomic E-state index is 14.5. The van der Waals surface area contributed by atoms with Gasteiger partial charge in [-0.05, 0) is 50.7 Å². The number of hydrogen-bond acceptors (Lipinski definition) is 5. The quantitative estimate of drug-likeness (QED) is 0.754. The van der Waals surface area contributed by atoms with E-state index in [2.05, 4.69) is 9.97 Å². The normalized spacial score (nSPS) is 17.3. The molecule has 0 radical (unpaired) electrons. The van der Waals surface area contributed by atoms with Crippen LogP contribution in [0, 0.1) is 5.82 Å². The van der Waals surface area contributed by atoms with E-state index < -0.39 is 5.97 Å². The van der Waals surface area contributed by atoms with E-state index in [-0.39, 0.29) is 23.8 Å². The third kappa shape index (κ3) is 4.40. The van der Waals surface area contributed by atoms with Crippen molar-refractivity contribution in [3.8, 4) is 5.75 Å². The standard InChI is InChI=1S/C22H25FN2O4/c1-2-29-21-15(9-16(23)11-17(21)13-5-7-28-8-6-13)10-18-20(22(26)27)25-19(12-24-18)14-3-4-14/h9,11-14H,2-8,10H2,1H3,(H,26,27). The molecular formula is C22H25FN2O4. The van der Waals surface area contributed by atoms with Crippen LogP contribution in [0.5, 0.6) is 5.75 Å². The minimum absolute atomic E-state index is 0.0614. The van der Waals surface area contributed by atoms with E-state index in [0.717, 1.165) is 36.9 Å². The van der Waals surface area contributed by atoms with Crippen LogP contribution in [0.4, 0.5) is 4.39 Å². The Morgan fingerprint density at radius 1 is 1.24 bits per heavy atom. The topological polar surface area (TPSA) is 81.5 Å². The summed E-state index contributed by atoms with van der Waals surface area (Å²) in [6.45, 7) is 3.60. The third-order valence-corrected chi connectivity index (χ3v) is 5.53. The van der Waals surface area contributed by atoms with Crippen molar-refractivity contribution >= 4 is 5.97 Å². The molecule has 0 atom stereocenters. The highest BCUT2D eigenvalue weighted by Gasteiger charge is 2.28. The van der Waals surface area contributed by atoms with E-state index >= 15 is 0 Å². The number of carbonyl (C=O) groups is 1. The van der Waals surface area contributed by atoms with Gasteiger partial charge in [0.15, 0.2) is 5.69 Å². The molecule has 4 rings (SSSR count). The van der Waals surface area contributed by atoms with Gasteiger partial charge in [0.25, 0.3) is 0 Å². The second-order valence-electron chi connectivity index (χ2n) is 7.65. The first kappa shape index (κ1) is 19.8. The average molecular weight is 400 g/mol. The van der Waals surface area contributed by atoms with Crippen LogP contribution in [0.2, 0.25) is 0 Å². The van der Waals surface area contributed by atoms with Gasteiger partial charge in [0.05, 0.1) is 18.0 Å². The molecule has 0 amide bonds. The maximum Gasteiger partial charge on any atom is 0.356 e. The maximum absolute atomic E-state index is 14.5. The molecule has 1 saturated carbocycles. The van der Waals surface area contributed by atoms with Crippen molar-refractivity contribution in [1.29, 1.82) is 0 Å². The third-order valence-electron chi connectivity index (χ3n) is 5.53. The Hall–Kier alpha value is -2.54. The number of benzene rings is 1. The van der Waals surface area contributed by atoms with Gasteiger partial charge in [0, 0.05) is 42.9 Å². The van der Waals surface area contributed by atoms with Gasteiger partial charge in [-0.3, -0.25) is 4.98 Å². The molecule has 1 saturated heterocycles. The molecule has 1 aliphatic carbocycles. The lowest BCUT2D eigenvalue weighted by Crippen LogP contribution is -2.16. The average Bonchev–Trinajstić information content (AvgIpc) is 3.56. The van der Waals surface area contributed by atoms with Crippen molar-refractivity contribution in [2.24, 2.45) is 0 Å². The molecule has 2 aliphatic rings. The summed E-state index contributed by atoms with van der Waals surface area (Å²) >= 11 is 0. The summed E-state index contributed by atoms with van der Waals surface area (Å²) in [5.74, 6) is -0.381. The first-order chi connectivity index (χ1) is 14.1. The fourth-order valence-corrected chi connectivity index (χ4v) is 3.92. The Morgan fingerprint density at radius 3 is 2.66 bits per heavy atom. The van der Waals surface area contributed by atoms with Gasteiger partial charge in [-0.1, -0.05) is 0 Å². The number of carboxylic acids is 1. The predicted octanol–water partition coefficient (Wildman–Crippen LogP) is 4.07. The predicted molar refractivity (Wildman–Crippen MR) is 104 cm³/mol. The summed E-state index contributed by atoms with van der Waals surface area (Å²) < 4.78 is 25.9. The van der Waals surface area contributed by atoms with Gasteiger partial charge < -0.3 is 14.6 Å². The van der Waals surface area contributed by atoms with E-state index in [1.54, 1.807) is 6.20 Å². The minimum Gasteiger partial charge on any atom is -0.493 e. The van der Waals surface area contributed by atoms with Crippen molar-refractivity contribution in [3.63, 3.8) is 0 Å². The molecule has 1 aromatic heterocycles. The highest BCUT2D eigenvalue weighted by Crippen LogP contribution is 2.40. The van der Waals surface area contributed by atoms with Crippen LogP contribution < -0.4 is 4.74 Å². The van der Waals surface area contributed by atoms with Gasteiger partial charge in [0.1, 0.15) is 11.6 Å². The zero-order valence-corrected chi connectivity index (χ0v) is 16.5. The summed E-state index contributed by atoms with van der Waals surface area (Å²) in [4.78, 5) is 20.5. The second-order valence-corrected chi connectivity index (χ2v) is 7.65. The monoisotopic (exact) mass is 400 g/mol. The van der Waals surface area contributed by atoms with E-state index in [0.29, 0.717) is 42.7 Å². The molecule has 2 heterocycles. The molecule has 2 fully saturated rings. The van der Waals surface area contributed by atoms with Crippen LogP contribution in [0.1, 0.15) is 77.4 Å². The Labute approximate surface area is 169 Å². The Morgan fingerprint density at radius 2 is 2.00 bits per heavy atom. The number of hydrogen-bond donors (Lipinski definition) is 1. The first-order valence-electron chi connectivity index (χ1n) is 10.2. The zero-order chi connectivity index (χ0) is 20.4. The molecule has 6 nitrogen and oxygen atoms in total. The fourth-order valence-electron chi connectivity index (χ4n) is 3.92. The highest BCUT2D eigenvalue weighted by molar-refractivity contribution is 5.86. The molecule has 7 heteroatoms. The zero-order valence-electron chi connectivity index (χ0n) is 16.5. The molecule has 0 unspecified atom stereocenters. The van der Waals surface area contributed by atoms with Crippen LogP contribution in [0.25, 0.3) is 0 Å². The van der Waals surface area contributed by atoms with Crippen LogP contribution in [-0.2, 0) is 11.2 Å². The number of carboxylic acid groups (broad SMARTS) is 1. The van der Waals surface area contributed by atoms with E-state index in [4.69, 9.17) is 9.47 Å². The van der Waals surface area contributed by atoms with Crippen molar-refractivity contribution in [3.05, 3.63) is 52.4 Å². The molecule has 154 valence electrons. The number of rotatable bonds is 7. The second kappa shape index (κ2) is 8.45. The summed E-state index contributed by atoms with van der Waals surface area (Å²) in [6, 6.07) is 2.94. The minimum atomic E-state index is -1.12. The highest BCUT2D eigenvalue weighted by atomic mass is 19.1. The van der Waals surface area contributed by atoms with Gasteiger partial charge in [-0.15, -0.1) is 0 Å². The van der Waals surface area contributed by atoms with Crippen molar-refractivity contribution in [1.82, 2.24) is 9.97 Å². The fraction of sp³-hybridized carbons (Fsp3) is 0.500. The first-order valence-corrected chi connectivity index (χ1v) is 10.2. The van der Waals surface area contributed by atoms with Gasteiger partial charge in [-0.25, -0.2) is 14.2 Å². The van der Waals surface area contributed by atoms with Gasteiger partial charge in [0.2, 0.25) is 0 Å². The number of halogens is 1. The van der Waals surface area contributed by atoms with Crippen LogP contribution >= 0.6 is 0 Å². The number of nitrogens with zero attached hydrogens (tertiary/aromatic N) is 2. The summed E-state index contributed by atoms with van der Waals surface area (Å²) in [7, 11) is 0. The molecular weight excluding hydrogens is 375 g/mol. The Kier molecular flexibility index (Phi) is 5.76. The summed E-state index contributed by atoms with van der Waals surface area (Å²) in [5.41, 5.74) is 2.41. The lowest BCUT2D eigenvalue weighted by Gasteiger charge is -2.26. The molecule has 1 aromatic carbocycles. The molecule has 2 aromatic rings. The summed E-state index contributed by atoms with van der Waals surface area (Å²) in [6.07, 6.45) is 5.44. The Bertz CT molecular complexity index is 908. The summed E-state index contributed by atoms with van der Waals surface area (Å²) in [5, 5.41) is 9.63. The van der Waals surface area contributed by atoms with Gasteiger partial charge >= 0.3 is 5.97 Å². The van der Waals surface area contributed by atoms with Crippen molar-refractivity contribution in [2.75, 3.05) is 19.8 Å². The smallest absolute Gasteiger partial charge is 0.356 e. The lowest BCUT2D eigenvalue weighted by molar-refractivity contribution is 0.0688. The van der Waals surface area contributed by atoms with Crippen molar-refractivity contribution in [2.45, 2.75) is 50.9 Å². The van der Waals surface area contributed by atoms with Crippen LogP contribution in [0.15, 0.2) is 18.3 Å². The van der Waals surface area contributed by atoms with E-state index in [1.165, 1.54) is 12.1 Å². The molecule has 0 spiro atoms. The van der Waals surface area contributed by atoms with Crippen LogP contribution in [0.3, 0.4) is 0 Å². The largest absolute Gasteiger partial charge is 0.493 e.